The molecule has 0 saturated carbocycles. The molecule has 0 radical (unpaired) electrons. The van der Waals surface area contributed by atoms with Crippen molar-refractivity contribution in [3.8, 4) is 0 Å². The predicted molar refractivity (Wildman–Crippen MR) is 106 cm³/mol. The van der Waals surface area contributed by atoms with Crippen molar-refractivity contribution in [1.82, 2.24) is 10.2 Å². The molecule has 0 saturated heterocycles. The van der Waals surface area contributed by atoms with Crippen LogP contribution in [0.25, 0.3) is 0 Å². The third kappa shape index (κ3) is 4.95. The Hall–Kier alpha value is -2.73. The number of nitrogens with one attached hydrogen (secondary N) is 1. The van der Waals surface area contributed by atoms with E-state index in [0.717, 1.165) is 16.7 Å². The Balaban J connectivity index is 1.66. The maximum Gasteiger partial charge on any atom is 0.243 e. The molecule has 0 bridgehead atoms. The van der Waals surface area contributed by atoms with Crippen molar-refractivity contribution >= 4 is 11.8 Å². The minimum absolute atomic E-state index is 0.0429. The highest BCUT2D eigenvalue weighted by molar-refractivity contribution is 5.88. The topological polar surface area (TPSA) is 75.4 Å². The van der Waals surface area contributed by atoms with E-state index in [1.807, 2.05) is 24.3 Å². The molecular formula is C22H26FN3O2. The summed E-state index contributed by atoms with van der Waals surface area (Å²) in [5, 5.41) is 2.94. The van der Waals surface area contributed by atoms with Crippen LogP contribution in [0.3, 0.4) is 0 Å². The van der Waals surface area contributed by atoms with Crippen LogP contribution in [0.4, 0.5) is 4.39 Å². The van der Waals surface area contributed by atoms with Gasteiger partial charge in [0.1, 0.15) is 11.9 Å². The first-order chi connectivity index (χ1) is 13.6. The maximum absolute atomic E-state index is 13.0. The summed E-state index contributed by atoms with van der Waals surface area (Å²) in [4.78, 5) is 27.2. The fraction of sp³-hybridized carbons (Fsp3) is 0.364. The predicted octanol–water partition coefficient (Wildman–Crippen LogP) is 2.18. The van der Waals surface area contributed by atoms with Crippen molar-refractivity contribution < 1.29 is 14.0 Å². The van der Waals surface area contributed by atoms with Gasteiger partial charge in [-0.25, -0.2) is 4.39 Å². The maximum atomic E-state index is 13.0. The number of nitrogens with zero attached hydrogens (tertiary/aromatic N) is 1. The Labute approximate surface area is 164 Å². The van der Waals surface area contributed by atoms with Gasteiger partial charge in [0.25, 0.3) is 0 Å². The summed E-state index contributed by atoms with van der Waals surface area (Å²) in [7, 11) is 0. The highest BCUT2D eigenvalue weighted by atomic mass is 19.1. The van der Waals surface area contributed by atoms with Crippen LogP contribution in [-0.4, -0.2) is 35.8 Å². The summed E-state index contributed by atoms with van der Waals surface area (Å²) in [5.74, 6) is -0.475. The van der Waals surface area contributed by atoms with E-state index in [1.165, 1.54) is 12.1 Å². The number of carbonyl (C=O) groups excluding carboxylic acids is 2. The smallest absolute Gasteiger partial charge is 0.243 e. The van der Waals surface area contributed by atoms with E-state index >= 15 is 0 Å². The third-order valence-electron chi connectivity index (χ3n) is 5.09. The molecule has 0 spiro atoms. The van der Waals surface area contributed by atoms with Crippen molar-refractivity contribution in [2.24, 2.45) is 5.73 Å². The van der Waals surface area contributed by atoms with E-state index < -0.39 is 6.04 Å². The molecule has 1 aliphatic heterocycles. The van der Waals surface area contributed by atoms with Gasteiger partial charge in [-0.15, -0.1) is 0 Å². The highest BCUT2D eigenvalue weighted by Gasteiger charge is 2.33. The molecule has 5 nitrogen and oxygen atoms in total. The van der Waals surface area contributed by atoms with Gasteiger partial charge >= 0.3 is 0 Å². The van der Waals surface area contributed by atoms with Gasteiger partial charge in [0.05, 0.1) is 0 Å². The second-order valence-electron chi connectivity index (χ2n) is 7.07. The summed E-state index contributed by atoms with van der Waals surface area (Å²) < 4.78 is 13.0. The number of hydrogen-bond acceptors (Lipinski definition) is 3. The normalized spacial score (nSPS) is 15.8. The van der Waals surface area contributed by atoms with E-state index in [0.29, 0.717) is 45.3 Å². The average molecular weight is 383 g/mol. The van der Waals surface area contributed by atoms with Crippen LogP contribution in [0.2, 0.25) is 0 Å². The molecule has 2 aromatic rings. The molecule has 6 heteroatoms. The molecule has 3 N–H and O–H groups in total. The number of fused-ring (bicyclic) bond motifs is 1. The van der Waals surface area contributed by atoms with Gasteiger partial charge in [-0.1, -0.05) is 36.4 Å². The molecule has 2 amide bonds. The Morgan fingerprint density at radius 2 is 1.82 bits per heavy atom. The largest absolute Gasteiger partial charge is 0.354 e. The second kappa shape index (κ2) is 9.46. The number of nitrogens with two attached hydrogens (primary N) is 1. The first-order valence-electron chi connectivity index (χ1n) is 9.67. The molecule has 0 aromatic heterocycles. The minimum atomic E-state index is -0.520. The molecule has 1 heterocycles. The van der Waals surface area contributed by atoms with Gasteiger partial charge in [-0.2, -0.15) is 0 Å². The summed E-state index contributed by atoms with van der Waals surface area (Å²) >= 11 is 0. The quantitative estimate of drug-likeness (QED) is 0.770. The third-order valence-corrected chi connectivity index (χ3v) is 5.09. The lowest BCUT2D eigenvalue weighted by Gasteiger charge is -2.36. The van der Waals surface area contributed by atoms with E-state index in [2.05, 4.69) is 5.32 Å². The zero-order valence-electron chi connectivity index (χ0n) is 15.9. The Morgan fingerprint density at radius 3 is 2.54 bits per heavy atom. The molecule has 1 unspecified atom stereocenters. The zero-order valence-corrected chi connectivity index (χ0v) is 15.9. The van der Waals surface area contributed by atoms with Gasteiger partial charge < -0.3 is 16.0 Å². The monoisotopic (exact) mass is 383 g/mol. The van der Waals surface area contributed by atoms with Crippen molar-refractivity contribution in [3.05, 3.63) is 71.0 Å². The fourth-order valence-electron chi connectivity index (χ4n) is 3.52. The van der Waals surface area contributed by atoms with Gasteiger partial charge in [-0.05, 0) is 48.2 Å². The van der Waals surface area contributed by atoms with E-state index in [-0.39, 0.29) is 17.6 Å². The van der Waals surface area contributed by atoms with Gasteiger partial charge in [-0.3, -0.25) is 9.59 Å². The summed E-state index contributed by atoms with van der Waals surface area (Å²) in [6.45, 7) is 1.33. The number of hydrogen-bond donors (Lipinski definition) is 2. The van der Waals surface area contributed by atoms with Gasteiger partial charge in [0, 0.05) is 25.9 Å². The molecule has 148 valence electrons. The molecule has 1 atom stereocenters. The number of amides is 2. The lowest BCUT2D eigenvalue weighted by atomic mass is 9.93. The molecule has 2 aromatic carbocycles. The van der Waals surface area contributed by atoms with Crippen molar-refractivity contribution in [2.75, 3.05) is 13.1 Å². The van der Waals surface area contributed by atoms with Crippen LogP contribution in [-0.2, 0) is 29.0 Å². The first kappa shape index (κ1) is 20.0. The van der Waals surface area contributed by atoms with Crippen LogP contribution in [0.15, 0.2) is 48.5 Å². The first-order valence-corrected chi connectivity index (χ1v) is 9.67. The molecule has 0 fully saturated rings. The number of rotatable bonds is 7. The van der Waals surface area contributed by atoms with Gasteiger partial charge in [0.15, 0.2) is 0 Å². The highest BCUT2D eigenvalue weighted by Crippen LogP contribution is 2.24. The Morgan fingerprint density at radius 1 is 1.11 bits per heavy atom. The fourth-order valence-corrected chi connectivity index (χ4v) is 3.52. The minimum Gasteiger partial charge on any atom is -0.354 e. The Bertz CT molecular complexity index is 823. The second-order valence-corrected chi connectivity index (χ2v) is 7.07. The summed E-state index contributed by atoms with van der Waals surface area (Å²) in [6.07, 6.45) is 2.07. The van der Waals surface area contributed by atoms with E-state index in [9.17, 15) is 14.0 Å². The standard InChI is InChI=1S/C22H26FN3O2/c23-19-9-7-16(8-10-19)11-13-25-22(28)20-14-17-4-1-2-5-18(17)15-26(20)21(27)6-3-12-24/h1-2,4-5,7-10,20H,3,6,11-15,24H2,(H,25,28). The lowest BCUT2D eigenvalue weighted by Crippen LogP contribution is -2.52. The number of halogens is 1. The molecule has 0 aliphatic carbocycles. The van der Waals surface area contributed by atoms with E-state index in [1.54, 1.807) is 17.0 Å². The van der Waals surface area contributed by atoms with E-state index in [4.69, 9.17) is 5.73 Å². The van der Waals surface area contributed by atoms with Crippen molar-refractivity contribution in [1.29, 1.82) is 0 Å². The molecule has 3 rings (SSSR count). The SMILES string of the molecule is NCCCC(=O)N1Cc2ccccc2CC1C(=O)NCCc1ccc(F)cc1. The average Bonchev–Trinajstić information content (AvgIpc) is 2.72. The van der Waals surface area contributed by atoms with Gasteiger partial charge in [0.2, 0.25) is 11.8 Å². The number of benzene rings is 2. The van der Waals surface area contributed by atoms with Crippen LogP contribution in [0, 0.1) is 5.82 Å². The zero-order chi connectivity index (χ0) is 19.9. The molecule has 1 aliphatic rings. The number of carbonyl (C=O) groups is 2. The molecule has 28 heavy (non-hydrogen) atoms. The van der Waals surface area contributed by atoms with Crippen molar-refractivity contribution in [2.45, 2.75) is 38.3 Å². The lowest BCUT2D eigenvalue weighted by molar-refractivity contribution is -0.141. The Kier molecular flexibility index (Phi) is 6.76. The molecular weight excluding hydrogens is 357 g/mol. The van der Waals surface area contributed by atoms with Crippen LogP contribution >= 0.6 is 0 Å². The summed E-state index contributed by atoms with van der Waals surface area (Å²) in [5.41, 5.74) is 8.67. The van der Waals surface area contributed by atoms with Crippen LogP contribution in [0.5, 0.6) is 0 Å². The van der Waals surface area contributed by atoms with Crippen LogP contribution < -0.4 is 11.1 Å². The summed E-state index contributed by atoms with van der Waals surface area (Å²) in [6, 6.07) is 13.6. The van der Waals surface area contributed by atoms with Crippen molar-refractivity contribution in [3.63, 3.8) is 0 Å². The van der Waals surface area contributed by atoms with Crippen LogP contribution in [0.1, 0.15) is 29.5 Å².